The van der Waals surface area contributed by atoms with Crippen molar-refractivity contribution in [2.75, 3.05) is 26.1 Å². The third-order valence-corrected chi connectivity index (χ3v) is 4.06. The Morgan fingerprint density at radius 3 is 2.47 bits per heavy atom. The topological polar surface area (TPSA) is 136 Å². The number of esters is 2. The number of nitrogens with zero attached hydrogens (tertiary/aromatic N) is 2. The number of fused-ring (bicyclic) bond motifs is 1. The molecule has 30 heavy (non-hydrogen) atoms. The van der Waals surface area contributed by atoms with E-state index in [2.05, 4.69) is 9.97 Å². The number of nitrogens with two attached hydrogens (primary N) is 1. The number of aromatic nitrogens is 2. The van der Waals surface area contributed by atoms with Crippen LogP contribution in [0.15, 0.2) is 28.7 Å². The van der Waals surface area contributed by atoms with Crippen LogP contribution in [-0.2, 0) is 20.9 Å². The number of anilines is 1. The number of aryl methyl sites for hydroxylation is 1. The third kappa shape index (κ3) is 4.59. The van der Waals surface area contributed by atoms with Gasteiger partial charge in [0.1, 0.15) is 28.6 Å². The van der Waals surface area contributed by atoms with E-state index < -0.39 is 11.9 Å². The van der Waals surface area contributed by atoms with Crippen LogP contribution < -0.4 is 15.2 Å². The highest BCUT2D eigenvalue weighted by atomic mass is 16.6. The molecule has 2 heterocycles. The van der Waals surface area contributed by atoms with E-state index in [0.29, 0.717) is 17.3 Å². The first-order valence-corrected chi connectivity index (χ1v) is 9.08. The summed E-state index contributed by atoms with van der Waals surface area (Å²) < 4.78 is 26.1. The molecule has 10 nitrogen and oxygen atoms in total. The summed E-state index contributed by atoms with van der Waals surface area (Å²) in [6.45, 7) is 2.97. The number of ether oxygens (including phenoxy) is 4. The molecule has 0 radical (unpaired) electrons. The van der Waals surface area contributed by atoms with Gasteiger partial charge in [0.05, 0.1) is 19.1 Å². The minimum absolute atomic E-state index is 0.0282. The Bertz CT molecular complexity index is 1060. The van der Waals surface area contributed by atoms with Crippen LogP contribution in [0.4, 0.5) is 5.82 Å². The number of furan rings is 1. The number of carbonyl (C=O) groups excluding carboxylic acids is 2. The molecule has 0 saturated carbocycles. The first-order valence-electron chi connectivity index (χ1n) is 9.08. The van der Waals surface area contributed by atoms with Crippen LogP contribution in [0, 0.1) is 6.92 Å². The summed E-state index contributed by atoms with van der Waals surface area (Å²) in [6.07, 6.45) is 0. The summed E-state index contributed by atoms with van der Waals surface area (Å²) in [4.78, 5) is 32.3. The number of benzene rings is 1. The van der Waals surface area contributed by atoms with E-state index >= 15 is 0 Å². The molecule has 2 N–H and O–H groups in total. The molecule has 0 aliphatic carbocycles. The standard InChI is InChI=1S/C20H21N3O7/c1-4-27-20(25)16-11(2)30-19-17(16)18(21)22-14(23-19)9-29-15(24)10-28-13-7-5-12(26-3)6-8-13/h5-8H,4,9-10H2,1-3H3,(H2,21,22,23). The van der Waals surface area contributed by atoms with Crippen molar-refractivity contribution < 1.29 is 33.0 Å². The minimum atomic E-state index is -0.615. The zero-order chi connectivity index (χ0) is 21.7. The number of rotatable bonds is 8. The largest absolute Gasteiger partial charge is 0.497 e. The maximum Gasteiger partial charge on any atom is 0.344 e. The van der Waals surface area contributed by atoms with E-state index in [0.717, 1.165) is 0 Å². The third-order valence-electron chi connectivity index (χ3n) is 4.06. The van der Waals surface area contributed by atoms with Gasteiger partial charge in [0.15, 0.2) is 19.0 Å². The van der Waals surface area contributed by atoms with Gasteiger partial charge in [-0.2, -0.15) is 4.98 Å². The Balaban J connectivity index is 1.64. The van der Waals surface area contributed by atoms with E-state index in [4.69, 9.17) is 29.1 Å². The van der Waals surface area contributed by atoms with Gasteiger partial charge in [-0.1, -0.05) is 0 Å². The van der Waals surface area contributed by atoms with Crippen LogP contribution in [0.5, 0.6) is 11.5 Å². The Morgan fingerprint density at radius 2 is 1.80 bits per heavy atom. The van der Waals surface area contributed by atoms with Gasteiger partial charge in [0.2, 0.25) is 5.71 Å². The molecule has 1 aromatic carbocycles. The molecular weight excluding hydrogens is 394 g/mol. The number of hydrogen-bond acceptors (Lipinski definition) is 10. The monoisotopic (exact) mass is 415 g/mol. The van der Waals surface area contributed by atoms with Gasteiger partial charge < -0.3 is 29.1 Å². The first kappa shape index (κ1) is 20.9. The van der Waals surface area contributed by atoms with Gasteiger partial charge >= 0.3 is 11.9 Å². The highest BCUT2D eigenvalue weighted by Crippen LogP contribution is 2.29. The van der Waals surface area contributed by atoms with Crippen LogP contribution >= 0.6 is 0 Å². The number of carbonyl (C=O) groups is 2. The lowest BCUT2D eigenvalue weighted by Crippen LogP contribution is -2.16. The Labute approximate surface area is 171 Å². The number of nitrogen functional groups attached to an aromatic ring is 1. The number of hydrogen-bond donors (Lipinski definition) is 1. The predicted molar refractivity (Wildman–Crippen MR) is 105 cm³/mol. The summed E-state index contributed by atoms with van der Waals surface area (Å²) >= 11 is 0. The Hall–Kier alpha value is -3.82. The summed E-state index contributed by atoms with van der Waals surface area (Å²) in [5.41, 5.74) is 6.27. The lowest BCUT2D eigenvalue weighted by atomic mass is 10.2. The molecule has 0 unspecified atom stereocenters. The van der Waals surface area contributed by atoms with Gasteiger partial charge in [-0.25, -0.2) is 14.6 Å². The second kappa shape index (κ2) is 9.12. The van der Waals surface area contributed by atoms with Crippen LogP contribution in [0.2, 0.25) is 0 Å². The molecule has 3 rings (SSSR count). The van der Waals surface area contributed by atoms with E-state index in [1.54, 1.807) is 45.2 Å². The van der Waals surface area contributed by atoms with E-state index in [1.807, 2.05) is 0 Å². The molecule has 10 heteroatoms. The maximum atomic E-state index is 12.1. The van der Waals surface area contributed by atoms with Crippen LogP contribution in [0.3, 0.4) is 0 Å². The van der Waals surface area contributed by atoms with Crippen molar-refractivity contribution >= 4 is 28.9 Å². The average Bonchev–Trinajstić information content (AvgIpc) is 3.07. The lowest BCUT2D eigenvalue weighted by molar-refractivity contribution is -0.147. The predicted octanol–water partition coefficient (Wildman–Crippen LogP) is 2.42. The van der Waals surface area contributed by atoms with E-state index in [9.17, 15) is 9.59 Å². The zero-order valence-corrected chi connectivity index (χ0v) is 16.8. The number of methoxy groups -OCH3 is 1. The summed E-state index contributed by atoms with van der Waals surface area (Å²) in [5.74, 6) is 0.449. The first-order chi connectivity index (χ1) is 14.4. The van der Waals surface area contributed by atoms with Crippen LogP contribution in [0.1, 0.15) is 28.9 Å². The normalized spacial score (nSPS) is 10.6. The fourth-order valence-electron chi connectivity index (χ4n) is 2.70. The van der Waals surface area contributed by atoms with Crippen molar-refractivity contribution in [2.24, 2.45) is 0 Å². The van der Waals surface area contributed by atoms with Crippen molar-refractivity contribution in [2.45, 2.75) is 20.5 Å². The molecule has 0 amide bonds. The summed E-state index contributed by atoms with van der Waals surface area (Å²) in [5, 5.41) is 0.267. The zero-order valence-electron chi connectivity index (χ0n) is 16.8. The molecule has 3 aromatic rings. The SMILES string of the molecule is CCOC(=O)c1c(C)oc2nc(COC(=O)COc3ccc(OC)cc3)nc(N)c12. The fourth-order valence-corrected chi connectivity index (χ4v) is 2.70. The second-order valence-corrected chi connectivity index (χ2v) is 6.08. The van der Waals surface area contributed by atoms with Gasteiger partial charge in [-0.3, -0.25) is 0 Å². The van der Waals surface area contributed by atoms with E-state index in [1.165, 1.54) is 0 Å². The maximum absolute atomic E-state index is 12.1. The lowest BCUT2D eigenvalue weighted by Gasteiger charge is -2.08. The quantitative estimate of drug-likeness (QED) is 0.546. The van der Waals surface area contributed by atoms with Crippen molar-refractivity contribution in [1.82, 2.24) is 9.97 Å². The van der Waals surface area contributed by atoms with Crippen molar-refractivity contribution in [3.8, 4) is 11.5 Å². The Kier molecular flexibility index (Phi) is 6.35. The smallest absolute Gasteiger partial charge is 0.344 e. The van der Waals surface area contributed by atoms with Crippen molar-refractivity contribution in [3.63, 3.8) is 0 Å². The van der Waals surface area contributed by atoms with Gasteiger partial charge in [-0.15, -0.1) is 0 Å². The molecule has 0 aliphatic rings. The average molecular weight is 415 g/mol. The molecular formula is C20H21N3O7. The van der Waals surface area contributed by atoms with Gasteiger partial charge in [0.25, 0.3) is 0 Å². The molecule has 0 saturated heterocycles. The molecule has 2 aromatic heterocycles. The summed E-state index contributed by atoms with van der Waals surface area (Å²) in [7, 11) is 1.56. The molecule has 0 spiro atoms. The Morgan fingerprint density at radius 1 is 1.10 bits per heavy atom. The molecule has 0 bridgehead atoms. The van der Waals surface area contributed by atoms with Crippen LogP contribution in [0.25, 0.3) is 11.1 Å². The van der Waals surface area contributed by atoms with Gasteiger partial charge in [0, 0.05) is 0 Å². The van der Waals surface area contributed by atoms with Crippen LogP contribution in [-0.4, -0.2) is 42.2 Å². The van der Waals surface area contributed by atoms with E-state index in [-0.39, 0.29) is 48.1 Å². The summed E-state index contributed by atoms with van der Waals surface area (Å²) in [6, 6.07) is 6.76. The highest BCUT2D eigenvalue weighted by Gasteiger charge is 2.24. The molecule has 0 atom stereocenters. The molecule has 158 valence electrons. The fraction of sp³-hybridized carbons (Fsp3) is 0.300. The highest BCUT2D eigenvalue weighted by molar-refractivity contribution is 6.07. The van der Waals surface area contributed by atoms with Gasteiger partial charge in [-0.05, 0) is 38.1 Å². The van der Waals surface area contributed by atoms with Crippen molar-refractivity contribution in [3.05, 3.63) is 41.4 Å². The molecule has 0 fully saturated rings. The second-order valence-electron chi connectivity index (χ2n) is 6.08. The van der Waals surface area contributed by atoms with Crippen molar-refractivity contribution in [1.29, 1.82) is 0 Å². The minimum Gasteiger partial charge on any atom is -0.497 e. The molecule has 0 aliphatic heterocycles.